The molecule has 0 aliphatic carbocycles. The Morgan fingerprint density at radius 2 is 2.00 bits per heavy atom. The summed E-state index contributed by atoms with van der Waals surface area (Å²) in [5.74, 6) is -0.421. The molecule has 0 unspecified atom stereocenters. The molecule has 1 aromatic carbocycles. The number of urea groups is 1. The Morgan fingerprint density at radius 3 is 2.59 bits per heavy atom. The van der Waals surface area contributed by atoms with Crippen molar-refractivity contribution in [2.45, 2.75) is 39.7 Å². The topological polar surface area (TPSA) is 41.1 Å². The summed E-state index contributed by atoms with van der Waals surface area (Å²) in [7, 11) is 0. The fourth-order valence-electron chi connectivity index (χ4n) is 1.57. The third kappa shape index (κ3) is 4.06. The molecule has 0 atom stereocenters. The second-order valence-electron chi connectivity index (χ2n) is 4.10. The van der Waals surface area contributed by atoms with Crippen molar-refractivity contribution in [3.05, 3.63) is 29.6 Å². The maximum atomic E-state index is 13.4. The molecule has 2 N–H and O–H groups in total. The highest BCUT2D eigenvalue weighted by Crippen LogP contribution is 2.15. The first kappa shape index (κ1) is 13.5. The van der Waals surface area contributed by atoms with E-state index in [0.717, 1.165) is 18.4 Å². The van der Waals surface area contributed by atoms with Crippen LogP contribution in [0.1, 0.15) is 32.3 Å². The highest BCUT2D eigenvalue weighted by atomic mass is 19.1. The Bertz CT molecular complexity index is 389. The fourth-order valence-corrected chi connectivity index (χ4v) is 1.57. The van der Waals surface area contributed by atoms with Gasteiger partial charge in [-0.1, -0.05) is 19.9 Å². The van der Waals surface area contributed by atoms with E-state index in [-0.39, 0.29) is 17.8 Å². The normalized spacial score (nSPS) is 10.4. The van der Waals surface area contributed by atoms with Crippen molar-refractivity contribution in [3.63, 3.8) is 0 Å². The van der Waals surface area contributed by atoms with Crippen LogP contribution in [0.3, 0.4) is 0 Å². The lowest BCUT2D eigenvalue weighted by Crippen LogP contribution is -2.37. The van der Waals surface area contributed by atoms with Gasteiger partial charge in [-0.3, -0.25) is 0 Å². The Labute approximate surface area is 101 Å². The van der Waals surface area contributed by atoms with Gasteiger partial charge in [0.2, 0.25) is 0 Å². The van der Waals surface area contributed by atoms with Gasteiger partial charge in [-0.15, -0.1) is 0 Å². The lowest BCUT2D eigenvalue weighted by atomic mass is 10.2. The lowest BCUT2D eigenvalue weighted by Gasteiger charge is -2.15. The standard InChI is InChI=1S/C13H19FN2O/c1-4-10(5-2)15-13(17)16-12-8-9(3)6-7-11(12)14/h6-8,10H,4-5H2,1-3H3,(H2,15,16,17). The number of benzene rings is 1. The molecule has 0 fully saturated rings. The SMILES string of the molecule is CCC(CC)NC(=O)Nc1cc(C)ccc1F. The number of carbonyl (C=O) groups is 1. The van der Waals surface area contributed by atoms with Gasteiger partial charge in [-0.2, -0.15) is 0 Å². The number of hydrogen-bond donors (Lipinski definition) is 2. The van der Waals surface area contributed by atoms with Gasteiger partial charge >= 0.3 is 6.03 Å². The third-order valence-electron chi connectivity index (χ3n) is 2.69. The van der Waals surface area contributed by atoms with Crippen LogP contribution in [0.5, 0.6) is 0 Å². The number of aryl methyl sites for hydroxylation is 1. The zero-order chi connectivity index (χ0) is 12.8. The minimum absolute atomic E-state index is 0.128. The summed E-state index contributed by atoms with van der Waals surface area (Å²) in [4.78, 5) is 11.6. The van der Waals surface area contributed by atoms with Crippen LogP contribution in [-0.4, -0.2) is 12.1 Å². The molecule has 0 saturated carbocycles. The van der Waals surface area contributed by atoms with E-state index in [2.05, 4.69) is 10.6 Å². The van der Waals surface area contributed by atoms with Gasteiger partial charge in [-0.25, -0.2) is 9.18 Å². The van der Waals surface area contributed by atoms with Crippen LogP contribution < -0.4 is 10.6 Å². The Morgan fingerprint density at radius 1 is 1.35 bits per heavy atom. The van der Waals surface area contributed by atoms with Crippen molar-refractivity contribution < 1.29 is 9.18 Å². The molecule has 0 aromatic heterocycles. The van der Waals surface area contributed by atoms with Crippen molar-refractivity contribution in [2.24, 2.45) is 0 Å². The predicted molar refractivity (Wildman–Crippen MR) is 67.7 cm³/mol. The van der Waals surface area contributed by atoms with E-state index in [1.807, 2.05) is 20.8 Å². The Kier molecular flexibility index (Phi) is 4.94. The zero-order valence-electron chi connectivity index (χ0n) is 10.5. The maximum absolute atomic E-state index is 13.4. The van der Waals surface area contributed by atoms with Crippen LogP contribution in [0.15, 0.2) is 18.2 Å². The molecule has 17 heavy (non-hydrogen) atoms. The van der Waals surface area contributed by atoms with E-state index in [4.69, 9.17) is 0 Å². The van der Waals surface area contributed by atoms with Gasteiger partial charge in [-0.05, 0) is 37.5 Å². The summed E-state index contributed by atoms with van der Waals surface area (Å²) < 4.78 is 13.4. The number of hydrogen-bond acceptors (Lipinski definition) is 1. The average Bonchev–Trinajstić information content (AvgIpc) is 2.31. The second kappa shape index (κ2) is 6.23. The molecule has 1 rings (SSSR count). The van der Waals surface area contributed by atoms with Crippen LogP contribution >= 0.6 is 0 Å². The van der Waals surface area contributed by atoms with Crippen molar-refractivity contribution in [1.29, 1.82) is 0 Å². The molecular weight excluding hydrogens is 219 g/mol. The Balaban J connectivity index is 2.64. The smallest absolute Gasteiger partial charge is 0.319 e. The number of rotatable bonds is 4. The van der Waals surface area contributed by atoms with Gasteiger partial charge in [0.25, 0.3) is 0 Å². The van der Waals surface area contributed by atoms with Gasteiger partial charge in [0, 0.05) is 6.04 Å². The summed E-state index contributed by atoms with van der Waals surface area (Å²) in [6.07, 6.45) is 1.72. The van der Waals surface area contributed by atoms with Crippen molar-refractivity contribution in [2.75, 3.05) is 5.32 Å². The maximum Gasteiger partial charge on any atom is 0.319 e. The van der Waals surface area contributed by atoms with Crippen LogP contribution in [0.25, 0.3) is 0 Å². The fraction of sp³-hybridized carbons (Fsp3) is 0.462. The number of halogens is 1. The summed E-state index contributed by atoms with van der Waals surface area (Å²) in [5, 5.41) is 5.32. The number of amides is 2. The van der Waals surface area contributed by atoms with Gasteiger partial charge < -0.3 is 10.6 Å². The summed E-state index contributed by atoms with van der Waals surface area (Å²) in [6, 6.07) is 4.40. The minimum atomic E-state index is -0.421. The zero-order valence-corrected chi connectivity index (χ0v) is 10.5. The Hall–Kier alpha value is -1.58. The third-order valence-corrected chi connectivity index (χ3v) is 2.69. The lowest BCUT2D eigenvalue weighted by molar-refractivity contribution is 0.247. The molecule has 0 aliphatic heterocycles. The molecule has 0 heterocycles. The molecule has 0 aliphatic rings. The minimum Gasteiger partial charge on any atom is -0.335 e. The summed E-state index contributed by atoms with van der Waals surface area (Å²) in [6.45, 7) is 5.85. The van der Waals surface area contributed by atoms with E-state index in [1.54, 1.807) is 12.1 Å². The first-order chi connectivity index (χ1) is 8.06. The van der Waals surface area contributed by atoms with Gasteiger partial charge in [0.05, 0.1) is 5.69 Å². The first-order valence-electron chi connectivity index (χ1n) is 5.90. The highest BCUT2D eigenvalue weighted by molar-refractivity contribution is 5.89. The van der Waals surface area contributed by atoms with Crippen LogP contribution in [-0.2, 0) is 0 Å². The molecule has 4 heteroatoms. The second-order valence-corrected chi connectivity index (χ2v) is 4.10. The molecule has 0 bridgehead atoms. The molecule has 94 valence electrons. The van der Waals surface area contributed by atoms with Crippen LogP contribution in [0.2, 0.25) is 0 Å². The van der Waals surface area contributed by atoms with Gasteiger partial charge in [0.1, 0.15) is 5.82 Å². The monoisotopic (exact) mass is 238 g/mol. The largest absolute Gasteiger partial charge is 0.335 e. The molecule has 0 saturated heterocycles. The van der Waals surface area contributed by atoms with E-state index in [0.29, 0.717) is 0 Å². The van der Waals surface area contributed by atoms with Crippen molar-refractivity contribution in [1.82, 2.24) is 5.32 Å². The summed E-state index contributed by atoms with van der Waals surface area (Å²) >= 11 is 0. The molecule has 1 aromatic rings. The summed E-state index contributed by atoms with van der Waals surface area (Å²) in [5.41, 5.74) is 1.12. The molecule has 0 spiro atoms. The molecule has 3 nitrogen and oxygen atoms in total. The van der Waals surface area contributed by atoms with E-state index >= 15 is 0 Å². The van der Waals surface area contributed by atoms with E-state index in [1.165, 1.54) is 6.07 Å². The number of carbonyl (C=O) groups excluding carboxylic acids is 1. The number of nitrogens with one attached hydrogen (secondary N) is 2. The van der Waals surface area contributed by atoms with E-state index < -0.39 is 5.82 Å². The first-order valence-corrected chi connectivity index (χ1v) is 5.90. The number of anilines is 1. The van der Waals surface area contributed by atoms with Crippen molar-refractivity contribution >= 4 is 11.7 Å². The average molecular weight is 238 g/mol. The molecular formula is C13H19FN2O. The highest BCUT2D eigenvalue weighted by Gasteiger charge is 2.10. The quantitative estimate of drug-likeness (QED) is 0.828. The molecule has 0 radical (unpaired) electrons. The van der Waals surface area contributed by atoms with Crippen molar-refractivity contribution in [3.8, 4) is 0 Å². The van der Waals surface area contributed by atoms with Gasteiger partial charge in [0.15, 0.2) is 0 Å². The molecule has 2 amide bonds. The predicted octanol–water partition coefficient (Wildman–Crippen LogP) is 3.44. The van der Waals surface area contributed by atoms with E-state index in [9.17, 15) is 9.18 Å². The van der Waals surface area contributed by atoms with Crippen LogP contribution in [0, 0.1) is 12.7 Å². The van der Waals surface area contributed by atoms with Crippen LogP contribution in [0.4, 0.5) is 14.9 Å².